The summed E-state index contributed by atoms with van der Waals surface area (Å²) in [7, 11) is 0. The second-order valence-electron chi connectivity index (χ2n) is 6.93. The van der Waals surface area contributed by atoms with Gasteiger partial charge in [0.25, 0.3) is 0 Å². The number of aliphatic hydroxyl groups is 1. The monoisotopic (exact) mass is 282 g/mol. The third kappa shape index (κ3) is 4.19. The number of hydrogen-bond acceptors (Lipinski definition) is 3. The van der Waals surface area contributed by atoms with Gasteiger partial charge in [-0.1, -0.05) is 19.8 Å². The normalized spacial score (nSPS) is 27.2. The average molecular weight is 282 g/mol. The molecule has 0 bridgehead atoms. The van der Waals surface area contributed by atoms with Crippen molar-refractivity contribution in [2.45, 2.75) is 51.9 Å². The molecule has 1 heterocycles. The van der Waals surface area contributed by atoms with Crippen molar-refractivity contribution >= 4 is 5.91 Å². The summed E-state index contributed by atoms with van der Waals surface area (Å²) in [5, 5.41) is 16.0. The van der Waals surface area contributed by atoms with E-state index < -0.39 is 0 Å². The van der Waals surface area contributed by atoms with E-state index in [-0.39, 0.29) is 17.9 Å². The first kappa shape index (κ1) is 15.8. The minimum Gasteiger partial charge on any atom is -0.396 e. The van der Waals surface area contributed by atoms with Crippen LogP contribution in [0.3, 0.4) is 0 Å². The van der Waals surface area contributed by atoms with Gasteiger partial charge in [-0.3, -0.25) is 4.79 Å². The first-order valence-corrected chi connectivity index (χ1v) is 8.23. The molecule has 2 rings (SSSR count). The summed E-state index contributed by atoms with van der Waals surface area (Å²) in [5.74, 6) is 1.23. The van der Waals surface area contributed by atoms with E-state index in [2.05, 4.69) is 17.6 Å². The molecule has 1 amide bonds. The quantitative estimate of drug-likeness (QED) is 0.694. The molecule has 0 spiro atoms. The molecule has 0 aromatic heterocycles. The Morgan fingerprint density at radius 3 is 2.75 bits per heavy atom. The molecule has 2 atom stereocenters. The Morgan fingerprint density at radius 2 is 2.15 bits per heavy atom. The molecule has 2 fully saturated rings. The Morgan fingerprint density at radius 1 is 1.40 bits per heavy atom. The van der Waals surface area contributed by atoms with Gasteiger partial charge >= 0.3 is 0 Å². The van der Waals surface area contributed by atoms with Crippen LogP contribution in [0.15, 0.2) is 0 Å². The molecular weight excluding hydrogens is 252 g/mol. The number of piperidine rings is 1. The first-order chi connectivity index (χ1) is 9.65. The molecule has 20 heavy (non-hydrogen) atoms. The number of amides is 1. The standard InChI is InChI=1S/C16H30N2O2/c1-13(14-5-4-8-17-10-14)9-15(20)18-11-16(12-19)6-2-3-7-16/h13-14,17,19H,2-12H2,1H3,(H,18,20). The van der Waals surface area contributed by atoms with Crippen molar-refractivity contribution in [2.24, 2.45) is 17.3 Å². The van der Waals surface area contributed by atoms with Crippen LogP contribution in [0.4, 0.5) is 0 Å². The Labute approximate surface area is 122 Å². The molecule has 2 aliphatic rings. The fraction of sp³-hybridized carbons (Fsp3) is 0.938. The minimum absolute atomic E-state index is 0.0364. The molecule has 116 valence electrons. The fourth-order valence-electron chi connectivity index (χ4n) is 3.70. The number of nitrogens with one attached hydrogen (secondary N) is 2. The van der Waals surface area contributed by atoms with Crippen LogP contribution in [-0.2, 0) is 4.79 Å². The van der Waals surface area contributed by atoms with Gasteiger partial charge in [0, 0.05) is 18.4 Å². The Hall–Kier alpha value is -0.610. The third-order valence-corrected chi connectivity index (χ3v) is 5.31. The molecule has 0 aromatic rings. The molecule has 0 aromatic carbocycles. The summed E-state index contributed by atoms with van der Waals surface area (Å²) >= 11 is 0. The van der Waals surface area contributed by atoms with Gasteiger partial charge < -0.3 is 15.7 Å². The maximum absolute atomic E-state index is 12.1. The van der Waals surface area contributed by atoms with E-state index in [9.17, 15) is 9.90 Å². The highest BCUT2D eigenvalue weighted by atomic mass is 16.3. The first-order valence-electron chi connectivity index (χ1n) is 8.23. The van der Waals surface area contributed by atoms with Gasteiger partial charge in [-0.05, 0) is 50.6 Å². The zero-order valence-electron chi connectivity index (χ0n) is 12.8. The van der Waals surface area contributed by atoms with Crippen molar-refractivity contribution in [3.63, 3.8) is 0 Å². The van der Waals surface area contributed by atoms with Crippen molar-refractivity contribution in [3.8, 4) is 0 Å². The smallest absolute Gasteiger partial charge is 0.220 e. The second kappa shape index (κ2) is 7.41. The topological polar surface area (TPSA) is 61.4 Å². The van der Waals surface area contributed by atoms with Crippen LogP contribution in [0, 0.1) is 17.3 Å². The van der Waals surface area contributed by atoms with Gasteiger partial charge in [0.15, 0.2) is 0 Å². The van der Waals surface area contributed by atoms with Crippen molar-refractivity contribution in [3.05, 3.63) is 0 Å². The van der Waals surface area contributed by atoms with E-state index in [1.54, 1.807) is 0 Å². The number of rotatable bonds is 6. The molecule has 2 unspecified atom stereocenters. The summed E-state index contributed by atoms with van der Waals surface area (Å²) in [6.07, 6.45) is 7.54. The van der Waals surface area contributed by atoms with Gasteiger partial charge in [0.1, 0.15) is 0 Å². The maximum Gasteiger partial charge on any atom is 0.220 e. The van der Waals surface area contributed by atoms with E-state index in [0.29, 0.717) is 24.8 Å². The highest BCUT2D eigenvalue weighted by Crippen LogP contribution is 2.36. The lowest BCUT2D eigenvalue weighted by Crippen LogP contribution is -2.40. The van der Waals surface area contributed by atoms with E-state index in [0.717, 1.165) is 25.9 Å². The van der Waals surface area contributed by atoms with Gasteiger partial charge in [0.05, 0.1) is 6.61 Å². The van der Waals surface area contributed by atoms with Crippen molar-refractivity contribution in [1.82, 2.24) is 10.6 Å². The highest BCUT2D eigenvalue weighted by molar-refractivity contribution is 5.76. The highest BCUT2D eigenvalue weighted by Gasteiger charge is 2.33. The van der Waals surface area contributed by atoms with E-state index in [1.165, 1.54) is 25.7 Å². The molecule has 4 nitrogen and oxygen atoms in total. The third-order valence-electron chi connectivity index (χ3n) is 5.31. The lowest BCUT2D eigenvalue weighted by molar-refractivity contribution is -0.123. The Kier molecular flexibility index (Phi) is 5.85. The van der Waals surface area contributed by atoms with Gasteiger partial charge in [-0.2, -0.15) is 0 Å². The molecular formula is C16H30N2O2. The van der Waals surface area contributed by atoms with Crippen LogP contribution in [0.5, 0.6) is 0 Å². The Bertz CT molecular complexity index is 308. The van der Waals surface area contributed by atoms with Crippen LogP contribution in [0.25, 0.3) is 0 Å². The van der Waals surface area contributed by atoms with E-state index in [4.69, 9.17) is 0 Å². The number of hydrogen-bond donors (Lipinski definition) is 3. The SMILES string of the molecule is CC(CC(=O)NCC1(CO)CCCC1)C1CCCNC1. The van der Waals surface area contributed by atoms with E-state index >= 15 is 0 Å². The predicted molar refractivity (Wildman–Crippen MR) is 80.4 cm³/mol. The van der Waals surface area contributed by atoms with Crippen LogP contribution in [0.2, 0.25) is 0 Å². The van der Waals surface area contributed by atoms with Crippen LogP contribution in [0.1, 0.15) is 51.9 Å². The largest absolute Gasteiger partial charge is 0.396 e. The number of carbonyl (C=O) groups excluding carboxylic acids is 1. The molecule has 1 aliphatic heterocycles. The van der Waals surface area contributed by atoms with Crippen molar-refractivity contribution in [2.75, 3.05) is 26.2 Å². The lowest BCUT2D eigenvalue weighted by Gasteiger charge is -2.29. The van der Waals surface area contributed by atoms with Crippen LogP contribution >= 0.6 is 0 Å². The second-order valence-corrected chi connectivity index (χ2v) is 6.93. The summed E-state index contributed by atoms with van der Waals surface area (Å²) in [4.78, 5) is 12.1. The molecule has 1 saturated carbocycles. The molecule has 4 heteroatoms. The average Bonchev–Trinajstić information content (AvgIpc) is 2.95. The number of carbonyl (C=O) groups is 1. The van der Waals surface area contributed by atoms with Crippen LogP contribution in [-0.4, -0.2) is 37.3 Å². The predicted octanol–water partition coefficient (Wildman–Crippen LogP) is 1.68. The van der Waals surface area contributed by atoms with Crippen molar-refractivity contribution in [1.29, 1.82) is 0 Å². The lowest BCUT2D eigenvalue weighted by atomic mass is 9.84. The summed E-state index contributed by atoms with van der Waals surface area (Å²) in [6.45, 7) is 5.21. The van der Waals surface area contributed by atoms with Crippen molar-refractivity contribution < 1.29 is 9.90 Å². The molecule has 0 radical (unpaired) electrons. The van der Waals surface area contributed by atoms with Gasteiger partial charge in [-0.25, -0.2) is 0 Å². The Balaban J connectivity index is 1.71. The number of aliphatic hydroxyl groups excluding tert-OH is 1. The molecule has 3 N–H and O–H groups in total. The summed E-state index contributed by atoms with van der Waals surface area (Å²) in [6, 6.07) is 0. The summed E-state index contributed by atoms with van der Waals surface area (Å²) in [5.41, 5.74) is -0.0364. The summed E-state index contributed by atoms with van der Waals surface area (Å²) < 4.78 is 0. The fourth-order valence-corrected chi connectivity index (χ4v) is 3.70. The van der Waals surface area contributed by atoms with Crippen LogP contribution < -0.4 is 10.6 Å². The van der Waals surface area contributed by atoms with Gasteiger partial charge in [0.2, 0.25) is 5.91 Å². The molecule has 1 saturated heterocycles. The van der Waals surface area contributed by atoms with Gasteiger partial charge in [-0.15, -0.1) is 0 Å². The maximum atomic E-state index is 12.1. The molecule has 1 aliphatic carbocycles. The minimum atomic E-state index is -0.0364. The zero-order valence-corrected chi connectivity index (χ0v) is 12.8. The van der Waals surface area contributed by atoms with E-state index in [1.807, 2.05) is 0 Å². The zero-order chi connectivity index (χ0) is 14.4.